The number of halogens is 2. The van der Waals surface area contributed by atoms with Crippen LogP contribution >= 0.6 is 0 Å². The van der Waals surface area contributed by atoms with Gasteiger partial charge < -0.3 is 15.0 Å². The minimum Gasteiger partial charge on any atom is -0.370 e. The highest BCUT2D eigenvalue weighted by Crippen LogP contribution is 2.24. The number of nitrogens with one attached hydrogen (secondary N) is 1. The van der Waals surface area contributed by atoms with E-state index >= 15 is 0 Å². The summed E-state index contributed by atoms with van der Waals surface area (Å²) in [4.78, 5) is 13.8. The number of urea groups is 1. The molecule has 1 aliphatic heterocycles. The van der Waals surface area contributed by atoms with Gasteiger partial charge in [0, 0.05) is 6.54 Å². The molecule has 0 aromatic heterocycles. The van der Waals surface area contributed by atoms with E-state index in [1.54, 1.807) is 0 Å². The summed E-state index contributed by atoms with van der Waals surface area (Å²) >= 11 is 0. The van der Waals surface area contributed by atoms with Gasteiger partial charge in [-0.2, -0.15) is 0 Å². The van der Waals surface area contributed by atoms with E-state index in [-0.39, 0.29) is 6.10 Å². The summed E-state index contributed by atoms with van der Waals surface area (Å²) in [5.41, 5.74) is 1.68. The number of benzene rings is 2. The van der Waals surface area contributed by atoms with Crippen molar-refractivity contribution in [2.45, 2.75) is 13.0 Å². The standard InChI is InChI=1S/C18H18F2N2O2/c1-12-5-7-13(8-6-12)16-11-22(9-10-24-16)18(23)21-17-14(19)3-2-4-15(17)20/h2-8,16H,9-11H2,1H3,(H,21,23). The van der Waals surface area contributed by atoms with Crippen LogP contribution in [0.3, 0.4) is 0 Å². The largest absolute Gasteiger partial charge is 0.370 e. The highest BCUT2D eigenvalue weighted by atomic mass is 19.1. The van der Waals surface area contributed by atoms with E-state index in [1.165, 1.54) is 11.0 Å². The Labute approximate surface area is 139 Å². The fraction of sp³-hybridized carbons (Fsp3) is 0.278. The molecule has 0 radical (unpaired) electrons. The highest BCUT2D eigenvalue weighted by Gasteiger charge is 2.26. The van der Waals surface area contributed by atoms with E-state index in [0.29, 0.717) is 19.7 Å². The maximum atomic E-state index is 13.7. The molecule has 1 fully saturated rings. The lowest BCUT2D eigenvalue weighted by Crippen LogP contribution is -2.44. The van der Waals surface area contributed by atoms with Gasteiger partial charge in [-0.3, -0.25) is 0 Å². The molecule has 2 aromatic rings. The quantitative estimate of drug-likeness (QED) is 0.907. The van der Waals surface area contributed by atoms with Crippen LogP contribution in [-0.2, 0) is 4.74 Å². The SMILES string of the molecule is Cc1ccc(C2CN(C(=O)Nc3c(F)cccc3F)CCO2)cc1. The lowest BCUT2D eigenvalue weighted by Gasteiger charge is -2.33. The van der Waals surface area contributed by atoms with Crippen molar-refractivity contribution in [1.29, 1.82) is 0 Å². The molecule has 2 aromatic carbocycles. The zero-order chi connectivity index (χ0) is 17.1. The van der Waals surface area contributed by atoms with Gasteiger partial charge in [-0.15, -0.1) is 0 Å². The number of carbonyl (C=O) groups excluding carboxylic acids is 1. The van der Waals surface area contributed by atoms with Crippen LogP contribution in [-0.4, -0.2) is 30.6 Å². The first-order chi connectivity index (χ1) is 11.5. The zero-order valence-corrected chi connectivity index (χ0v) is 13.3. The number of aryl methyl sites for hydroxylation is 1. The molecule has 3 rings (SSSR count). The van der Waals surface area contributed by atoms with Crippen molar-refractivity contribution >= 4 is 11.7 Å². The van der Waals surface area contributed by atoms with E-state index < -0.39 is 23.4 Å². The Morgan fingerprint density at radius 3 is 2.50 bits per heavy atom. The van der Waals surface area contributed by atoms with Crippen LogP contribution in [0.4, 0.5) is 19.3 Å². The van der Waals surface area contributed by atoms with Crippen molar-refractivity contribution in [1.82, 2.24) is 4.90 Å². The van der Waals surface area contributed by atoms with Crippen molar-refractivity contribution in [3.05, 3.63) is 65.2 Å². The van der Waals surface area contributed by atoms with E-state index in [4.69, 9.17) is 4.74 Å². The van der Waals surface area contributed by atoms with E-state index in [9.17, 15) is 13.6 Å². The Morgan fingerprint density at radius 1 is 1.17 bits per heavy atom. The van der Waals surface area contributed by atoms with Gasteiger partial charge in [0.1, 0.15) is 23.4 Å². The van der Waals surface area contributed by atoms with Crippen LogP contribution in [0.2, 0.25) is 0 Å². The normalized spacial score (nSPS) is 17.6. The predicted octanol–water partition coefficient (Wildman–Crippen LogP) is 3.88. The van der Waals surface area contributed by atoms with Crippen LogP contribution in [0.25, 0.3) is 0 Å². The number of amides is 2. The second kappa shape index (κ2) is 6.97. The predicted molar refractivity (Wildman–Crippen MR) is 86.8 cm³/mol. The first kappa shape index (κ1) is 16.4. The summed E-state index contributed by atoms with van der Waals surface area (Å²) in [5.74, 6) is -1.60. The molecule has 24 heavy (non-hydrogen) atoms. The second-order valence-electron chi connectivity index (χ2n) is 5.74. The van der Waals surface area contributed by atoms with Gasteiger partial charge in [-0.1, -0.05) is 35.9 Å². The van der Waals surface area contributed by atoms with Crippen LogP contribution < -0.4 is 5.32 Å². The third-order valence-corrected chi connectivity index (χ3v) is 4.00. The minimum atomic E-state index is -0.799. The summed E-state index contributed by atoms with van der Waals surface area (Å²) in [6.07, 6.45) is -0.254. The third-order valence-electron chi connectivity index (χ3n) is 4.00. The fourth-order valence-corrected chi connectivity index (χ4v) is 2.62. The van der Waals surface area contributed by atoms with Gasteiger partial charge in [0.05, 0.1) is 13.2 Å². The molecule has 0 spiro atoms. The lowest BCUT2D eigenvalue weighted by molar-refractivity contribution is -0.0135. The Morgan fingerprint density at radius 2 is 1.83 bits per heavy atom. The molecule has 1 N–H and O–H groups in total. The van der Waals surface area contributed by atoms with Crippen molar-refractivity contribution in [3.63, 3.8) is 0 Å². The number of anilines is 1. The molecule has 0 saturated carbocycles. The summed E-state index contributed by atoms with van der Waals surface area (Å²) in [7, 11) is 0. The first-order valence-corrected chi connectivity index (χ1v) is 7.72. The highest BCUT2D eigenvalue weighted by molar-refractivity contribution is 5.89. The molecule has 1 saturated heterocycles. The Bertz CT molecular complexity index is 714. The number of morpholine rings is 1. The summed E-state index contributed by atoms with van der Waals surface area (Å²) < 4.78 is 33.0. The van der Waals surface area contributed by atoms with E-state index in [0.717, 1.165) is 23.3 Å². The molecule has 126 valence electrons. The number of para-hydroxylation sites is 1. The summed E-state index contributed by atoms with van der Waals surface area (Å²) in [6.45, 7) is 3.05. The average Bonchev–Trinajstić information content (AvgIpc) is 2.59. The molecule has 1 unspecified atom stereocenters. The van der Waals surface area contributed by atoms with Crippen molar-refractivity contribution in [2.24, 2.45) is 0 Å². The molecule has 1 atom stereocenters. The van der Waals surface area contributed by atoms with Gasteiger partial charge in [0.15, 0.2) is 0 Å². The maximum absolute atomic E-state index is 13.7. The van der Waals surface area contributed by atoms with Crippen LogP contribution in [0.1, 0.15) is 17.2 Å². The topological polar surface area (TPSA) is 41.6 Å². The molecular formula is C18H18F2N2O2. The van der Waals surface area contributed by atoms with Gasteiger partial charge in [-0.05, 0) is 24.6 Å². The zero-order valence-electron chi connectivity index (χ0n) is 13.3. The average molecular weight is 332 g/mol. The molecule has 0 aliphatic carbocycles. The second-order valence-corrected chi connectivity index (χ2v) is 5.74. The lowest BCUT2D eigenvalue weighted by atomic mass is 10.1. The summed E-state index contributed by atoms with van der Waals surface area (Å²) in [6, 6.07) is 10.8. The van der Waals surface area contributed by atoms with E-state index in [2.05, 4.69) is 5.32 Å². The number of hydrogen-bond donors (Lipinski definition) is 1. The molecule has 0 bridgehead atoms. The number of hydrogen-bond acceptors (Lipinski definition) is 2. The van der Waals surface area contributed by atoms with Crippen molar-refractivity contribution in [3.8, 4) is 0 Å². The van der Waals surface area contributed by atoms with Crippen LogP contribution in [0, 0.1) is 18.6 Å². The van der Waals surface area contributed by atoms with Gasteiger partial charge in [0.2, 0.25) is 0 Å². The molecule has 6 heteroatoms. The van der Waals surface area contributed by atoms with Crippen molar-refractivity contribution < 1.29 is 18.3 Å². The monoisotopic (exact) mass is 332 g/mol. The number of rotatable bonds is 2. The molecular weight excluding hydrogens is 314 g/mol. The van der Waals surface area contributed by atoms with Gasteiger partial charge >= 0.3 is 6.03 Å². The number of carbonyl (C=O) groups is 1. The van der Waals surface area contributed by atoms with Crippen LogP contribution in [0.5, 0.6) is 0 Å². The Hall–Kier alpha value is -2.47. The molecule has 1 aliphatic rings. The molecule has 1 heterocycles. The Kier molecular flexibility index (Phi) is 4.76. The maximum Gasteiger partial charge on any atom is 0.322 e. The number of ether oxygens (including phenoxy) is 1. The number of nitrogens with zero attached hydrogens (tertiary/aromatic N) is 1. The minimum absolute atomic E-state index is 0.254. The third kappa shape index (κ3) is 3.54. The smallest absolute Gasteiger partial charge is 0.322 e. The van der Waals surface area contributed by atoms with E-state index in [1.807, 2.05) is 31.2 Å². The van der Waals surface area contributed by atoms with Crippen LogP contribution in [0.15, 0.2) is 42.5 Å². The summed E-state index contributed by atoms with van der Waals surface area (Å²) in [5, 5.41) is 2.31. The van der Waals surface area contributed by atoms with Gasteiger partial charge in [-0.25, -0.2) is 13.6 Å². The Balaban J connectivity index is 1.70. The van der Waals surface area contributed by atoms with Crippen molar-refractivity contribution in [2.75, 3.05) is 25.0 Å². The molecule has 4 nitrogen and oxygen atoms in total. The van der Waals surface area contributed by atoms with Gasteiger partial charge in [0.25, 0.3) is 0 Å². The fourth-order valence-electron chi connectivity index (χ4n) is 2.62. The first-order valence-electron chi connectivity index (χ1n) is 7.72. The molecule has 2 amide bonds.